The van der Waals surface area contributed by atoms with Gasteiger partial charge in [0.25, 0.3) is 0 Å². The highest BCUT2D eigenvalue weighted by molar-refractivity contribution is 14.0. The van der Waals surface area contributed by atoms with Gasteiger partial charge >= 0.3 is 0 Å². The molecule has 0 unspecified atom stereocenters. The average molecular weight is 470 g/mol. The molecule has 0 spiro atoms. The Balaban J connectivity index is 0.00000484. The number of nitrogens with one attached hydrogen (secondary N) is 2. The largest absolute Gasteiger partial charge is 0.357 e. The first-order chi connectivity index (χ1) is 10.5. The summed E-state index contributed by atoms with van der Waals surface area (Å²) in [7, 11) is 0. The summed E-state index contributed by atoms with van der Waals surface area (Å²) < 4.78 is 0. The predicted molar refractivity (Wildman–Crippen MR) is 117 cm³/mol. The molecule has 0 saturated carbocycles. The lowest BCUT2D eigenvalue weighted by molar-refractivity contribution is 0.583. The number of rotatable bonds is 8. The van der Waals surface area contributed by atoms with Crippen molar-refractivity contribution in [2.45, 2.75) is 52.5 Å². The summed E-state index contributed by atoms with van der Waals surface area (Å²) in [6, 6.07) is 0. The molecule has 0 radical (unpaired) electrons. The van der Waals surface area contributed by atoms with E-state index in [0.29, 0.717) is 6.54 Å². The van der Waals surface area contributed by atoms with Crippen LogP contribution in [0.4, 0.5) is 0 Å². The number of hydrogen-bond donors (Lipinski definition) is 2. The second kappa shape index (κ2) is 12.4. The van der Waals surface area contributed by atoms with Crippen molar-refractivity contribution in [3.63, 3.8) is 0 Å². The van der Waals surface area contributed by atoms with Crippen molar-refractivity contribution in [3.8, 4) is 0 Å². The number of guanidine groups is 1. The molecule has 2 N–H and O–H groups in total. The number of unbranched alkanes of at least 4 members (excludes halogenated alkanes) is 1. The van der Waals surface area contributed by atoms with Crippen LogP contribution in [-0.2, 0) is 12.0 Å². The summed E-state index contributed by atoms with van der Waals surface area (Å²) in [6.07, 6.45) is 4.57. The molecule has 0 aliphatic heterocycles. The van der Waals surface area contributed by atoms with Crippen molar-refractivity contribution < 1.29 is 0 Å². The van der Waals surface area contributed by atoms with Crippen LogP contribution in [0, 0.1) is 0 Å². The van der Waals surface area contributed by atoms with Crippen molar-refractivity contribution in [1.29, 1.82) is 0 Å². The first-order valence-electron chi connectivity index (χ1n) is 7.93. The van der Waals surface area contributed by atoms with Crippen molar-refractivity contribution in [3.05, 3.63) is 16.1 Å². The lowest BCUT2D eigenvalue weighted by atomic mass is 9.98. The molecular weight excluding hydrogens is 439 g/mol. The molecule has 1 aromatic heterocycles. The molecule has 1 aromatic rings. The van der Waals surface area contributed by atoms with Crippen LogP contribution in [0.5, 0.6) is 0 Å². The van der Waals surface area contributed by atoms with Crippen LogP contribution in [0.2, 0.25) is 0 Å². The average Bonchev–Trinajstić information content (AvgIpc) is 2.93. The lowest BCUT2D eigenvalue weighted by Crippen LogP contribution is -2.37. The van der Waals surface area contributed by atoms with Gasteiger partial charge in [0.2, 0.25) is 0 Å². The van der Waals surface area contributed by atoms with Crippen LogP contribution in [0.1, 0.15) is 51.2 Å². The molecule has 0 fully saturated rings. The predicted octanol–water partition coefficient (Wildman–Crippen LogP) is 4.26. The number of aromatic nitrogens is 1. The monoisotopic (exact) mass is 470 g/mol. The molecule has 1 heterocycles. The summed E-state index contributed by atoms with van der Waals surface area (Å²) in [5.41, 5.74) is 1.17. The number of thioether (sulfide) groups is 1. The van der Waals surface area contributed by atoms with E-state index in [9.17, 15) is 0 Å². The molecular formula is C16H31IN4S2. The molecule has 0 atom stereocenters. The molecule has 7 heteroatoms. The van der Waals surface area contributed by atoms with E-state index in [1.165, 1.54) is 23.6 Å². The molecule has 0 aliphatic carbocycles. The van der Waals surface area contributed by atoms with E-state index in [4.69, 9.17) is 0 Å². The quantitative estimate of drug-likeness (QED) is 0.258. The van der Waals surface area contributed by atoms with Crippen LogP contribution in [0.25, 0.3) is 0 Å². The molecule has 0 aliphatic rings. The van der Waals surface area contributed by atoms with Crippen LogP contribution >= 0.6 is 47.1 Å². The molecule has 134 valence electrons. The van der Waals surface area contributed by atoms with Gasteiger partial charge in [-0.1, -0.05) is 20.8 Å². The van der Waals surface area contributed by atoms with Gasteiger partial charge in [-0.05, 0) is 31.8 Å². The van der Waals surface area contributed by atoms with Crippen molar-refractivity contribution >= 4 is 53.0 Å². The van der Waals surface area contributed by atoms with Crippen molar-refractivity contribution in [2.24, 2.45) is 4.99 Å². The highest BCUT2D eigenvalue weighted by Crippen LogP contribution is 2.25. The summed E-state index contributed by atoms with van der Waals surface area (Å²) >= 11 is 3.63. The Bertz CT molecular complexity index is 455. The minimum Gasteiger partial charge on any atom is -0.357 e. The van der Waals surface area contributed by atoms with Crippen LogP contribution < -0.4 is 10.6 Å². The Morgan fingerprint density at radius 3 is 2.61 bits per heavy atom. The fourth-order valence-electron chi connectivity index (χ4n) is 1.80. The van der Waals surface area contributed by atoms with Gasteiger partial charge in [-0.25, -0.2) is 9.98 Å². The van der Waals surface area contributed by atoms with E-state index in [-0.39, 0.29) is 29.4 Å². The van der Waals surface area contributed by atoms with Gasteiger partial charge in [-0.15, -0.1) is 35.3 Å². The minimum atomic E-state index is 0. The smallest absolute Gasteiger partial charge is 0.191 e. The van der Waals surface area contributed by atoms with Crippen LogP contribution in [-0.4, -0.2) is 36.0 Å². The third-order valence-electron chi connectivity index (χ3n) is 3.00. The Hall–Kier alpha value is -0.0200. The SMILES string of the molecule is CCNC(=NCc1csc(C(C)(C)C)n1)NCCCCSC.I. The van der Waals surface area contributed by atoms with E-state index in [1.54, 1.807) is 11.3 Å². The summed E-state index contributed by atoms with van der Waals surface area (Å²) in [4.78, 5) is 9.32. The molecule has 0 saturated heterocycles. The Morgan fingerprint density at radius 1 is 1.30 bits per heavy atom. The van der Waals surface area contributed by atoms with Gasteiger partial charge < -0.3 is 10.6 Å². The van der Waals surface area contributed by atoms with Gasteiger partial charge in [0.15, 0.2) is 5.96 Å². The Labute approximate surface area is 166 Å². The van der Waals surface area contributed by atoms with Crippen molar-refractivity contribution in [2.75, 3.05) is 25.1 Å². The highest BCUT2D eigenvalue weighted by atomic mass is 127. The van der Waals surface area contributed by atoms with Gasteiger partial charge in [-0.3, -0.25) is 0 Å². The van der Waals surface area contributed by atoms with Crippen LogP contribution in [0.3, 0.4) is 0 Å². The summed E-state index contributed by atoms with van der Waals surface area (Å²) in [5, 5.41) is 9.97. The van der Waals surface area contributed by atoms with Crippen molar-refractivity contribution in [1.82, 2.24) is 15.6 Å². The molecule has 1 rings (SSSR count). The summed E-state index contributed by atoms with van der Waals surface area (Å²) in [5.74, 6) is 2.11. The Kier molecular flexibility index (Phi) is 12.3. The van der Waals surface area contributed by atoms with Gasteiger partial charge in [0.1, 0.15) is 0 Å². The molecule has 0 amide bonds. The van der Waals surface area contributed by atoms with Gasteiger partial charge in [0, 0.05) is 23.9 Å². The normalized spacial score (nSPS) is 12.0. The van der Waals surface area contributed by atoms with E-state index in [2.05, 4.69) is 59.9 Å². The fourth-order valence-corrected chi connectivity index (χ4v) is 3.20. The maximum atomic E-state index is 4.69. The molecule has 23 heavy (non-hydrogen) atoms. The van der Waals surface area contributed by atoms with E-state index >= 15 is 0 Å². The first-order valence-corrected chi connectivity index (χ1v) is 10.2. The fraction of sp³-hybridized carbons (Fsp3) is 0.750. The second-order valence-electron chi connectivity index (χ2n) is 6.22. The summed E-state index contributed by atoms with van der Waals surface area (Å²) in [6.45, 7) is 11.1. The molecule has 0 bridgehead atoms. The number of aliphatic imine (C=N–C) groups is 1. The standard InChI is InChI=1S/C16H30N4S2.HI/c1-6-17-15(18-9-7-8-10-21-5)19-11-13-12-22-14(20-13)16(2,3)4;/h12H,6-11H2,1-5H3,(H2,17,18,19);1H. The highest BCUT2D eigenvalue weighted by Gasteiger charge is 2.17. The zero-order valence-electron chi connectivity index (χ0n) is 14.9. The maximum Gasteiger partial charge on any atom is 0.191 e. The number of thiazole rings is 1. The van der Waals surface area contributed by atoms with E-state index < -0.39 is 0 Å². The molecule has 4 nitrogen and oxygen atoms in total. The van der Waals surface area contributed by atoms with Gasteiger partial charge in [-0.2, -0.15) is 11.8 Å². The lowest BCUT2D eigenvalue weighted by Gasteiger charge is -2.13. The third kappa shape index (κ3) is 9.76. The number of halogens is 1. The van der Waals surface area contributed by atoms with Crippen LogP contribution in [0.15, 0.2) is 10.4 Å². The third-order valence-corrected chi connectivity index (χ3v) is 5.02. The maximum absolute atomic E-state index is 4.69. The van der Waals surface area contributed by atoms with E-state index in [1.807, 2.05) is 11.8 Å². The Morgan fingerprint density at radius 2 is 2.04 bits per heavy atom. The second-order valence-corrected chi connectivity index (χ2v) is 8.06. The van der Waals surface area contributed by atoms with E-state index in [0.717, 1.165) is 24.7 Å². The number of nitrogens with zero attached hydrogens (tertiary/aromatic N) is 2. The zero-order chi connectivity index (χ0) is 16.4. The van der Waals surface area contributed by atoms with Gasteiger partial charge in [0.05, 0.1) is 17.2 Å². The molecule has 0 aromatic carbocycles. The first kappa shape index (κ1) is 23.0. The topological polar surface area (TPSA) is 49.3 Å². The zero-order valence-corrected chi connectivity index (χ0v) is 18.9. The number of hydrogen-bond acceptors (Lipinski definition) is 4. The minimum absolute atomic E-state index is 0.